The van der Waals surface area contributed by atoms with Gasteiger partial charge >= 0.3 is 0 Å². The molecule has 3 heterocycles. The number of amides is 1. The molecule has 27 heavy (non-hydrogen) atoms. The fourth-order valence-corrected chi connectivity index (χ4v) is 4.80. The molecule has 5 rings (SSSR count). The molecule has 0 fully saturated rings. The second kappa shape index (κ2) is 6.51. The average Bonchev–Trinajstić information content (AvgIpc) is 3.26. The van der Waals surface area contributed by atoms with E-state index in [4.69, 9.17) is 16.6 Å². The Labute approximate surface area is 165 Å². The van der Waals surface area contributed by atoms with Crippen LogP contribution in [0.1, 0.15) is 20.9 Å². The Balaban J connectivity index is 1.43. The fraction of sp³-hybridized carbons (Fsp3) is 0.143. The van der Waals surface area contributed by atoms with Gasteiger partial charge in [0.2, 0.25) is 0 Å². The summed E-state index contributed by atoms with van der Waals surface area (Å²) in [6.07, 6.45) is 2.94. The molecule has 0 saturated carbocycles. The van der Waals surface area contributed by atoms with Crippen LogP contribution < -0.4 is 0 Å². The van der Waals surface area contributed by atoms with Gasteiger partial charge in [0.1, 0.15) is 0 Å². The van der Waals surface area contributed by atoms with Crippen LogP contribution >= 0.6 is 22.9 Å². The van der Waals surface area contributed by atoms with E-state index in [1.54, 1.807) is 35.6 Å². The number of thiazole rings is 1. The molecule has 2 aromatic heterocycles. The van der Waals surface area contributed by atoms with Crippen molar-refractivity contribution in [3.63, 3.8) is 0 Å². The molecule has 2 aromatic carbocycles. The van der Waals surface area contributed by atoms with Crippen molar-refractivity contribution >= 4 is 33.8 Å². The van der Waals surface area contributed by atoms with Gasteiger partial charge in [-0.05, 0) is 24.3 Å². The predicted molar refractivity (Wildman–Crippen MR) is 108 cm³/mol. The Hall–Kier alpha value is -2.63. The number of imidazole rings is 1. The van der Waals surface area contributed by atoms with Crippen LogP contribution in [0, 0.1) is 0 Å². The Morgan fingerprint density at radius 3 is 2.63 bits per heavy atom. The van der Waals surface area contributed by atoms with Crippen molar-refractivity contribution < 1.29 is 4.79 Å². The molecule has 0 saturated heterocycles. The van der Waals surface area contributed by atoms with E-state index < -0.39 is 0 Å². The van der Waals surface area contributed by atoms with E-state index in [1.165, 1.54) is 10.6 Å². The van der Waals surface area contributed by atoms with Gasteiger partial charge in [-0.25, -0.2) is 4.98 Å². The first-order valence-electron chi connectivity index (χ1n) is 8.79. The molecule has 0 atom stereocenters. The van der Waals surface area contributed by atoms with E-state index in [0.717, 1.165) is 22.6 Å². The number of halogens is 1. The monoisotopic (exact) mass is 393 g/mol. The lowest BCUT2D eigenvalue weighted by Gasteiger charge is -2.26. The zero-order chi connectivity index (χ0) is 18.4. The van der Waals surface area contributed by atoms with E-state index >= 15 is 0 Å². The second-order valence-corrected chi connectivity index (χ2v) is 8.10. The summed E-state index contributed by atoms with van der Waals surface area (Å²) >= 11 is 7.60. The highest BCUT2D eigenvalue weighted by Crippen LogP contribution is 2.31. The number of rotatable bonds is 2. The van der Waals surface area contributed by atoms with Gasteiger partial charge < -0.3 is 4.90 Å². The highest BCUT2D eigenvalue weighted by Gasteiger charge is 2.26. The molecular formula is C21H16ClN3OS. The number of aromatic nitrogens is 2. The molecule has 0 aliphatic carbocycles. The Morgan fingerprint density at radius 1 is 1.07 bits per heavy atom. The number of hydrogen-bond acceptors (Lipinski definition) is 3. The number of nitrogens with zero attached hydrogens (tertiary/aromatic N) is 3. The maximum atomic E-state index is 12.8. The van der Waals surface area contributed by atoms with Crippen molar-refractivity contribution in [2.75, 3.05) is 6.54 Å². The summed E-state index contributed by atoms with van der Waals surface area (Å²) in [6, 6.07) is 17.3. The molecule has 0 spiro atoms. The van der Waals surface area contributed by atoms with E-state index in [1.807, 2.05) is 23.1 Å². The molecule has 1 aliphatic rings. The minimum absolute atomic E-state index is 0.0494. The lowest BCUT2D eigenvalue weighted by atomic mass is 10.1. The van der Waals surface area contributed by atoms with Crippen molar-refractivity contribution in [2.45, 2.75) is 13.0 Å². The maximum Gasteiger partial charge on any atom is 0.254 e. The minimum atomic E-state index is 0.0494. The summed E-state index contributed by atoms with van der Waals surface area (Å²) in [5, 5.41) is 0.640. The third-order valence-corrected chi connectivity index (χ3v) is 6.24. The number of fused-ring (bicyclic) bond motifs is 3. The minimum Gasteiger partial charge on any atom is -0.333 e. The standard InChI is InChI=1S/C21H16ClN3OS/c22-16-8-6-15(7-9-16)20(26)24-11-10-18-19(13-24)27-21-23-17(12-25(18)21)14-4-2-1-3-5-14/h1-9,12H,10-11,13H2. The summed E-state index contributed by atoms with van der Waals surface area (Å²) < 4.78 is 2.19. The average molecular weight is 394 g/mol. The number of benzene rings is 2. The Morgan fingerprint density at radius 2 is 1.85 bits per heavy atom. The molecule has 1 amide bonds. The van der Waals surface area contributed by atoms with Crippen LogP contribution in [0.4, 0.5) is 0 Å². The van der Waals surface area contributed by atoms with Crippen molar-refractivity contribution in [3.05, 3.63) is 82.0 Å². The topological polar surface area (TPSA) is 37.6 Å². The van der Waals surface area contributed by atoms with Crippen LogP contribution in [0.15, 0.2) is 60.8 Å². The van der Waals surface area contributed by atoms with Gasteiger partial charge in [0.15, 0.2) is 4.96 Å². The molecule has 0 N–H and O–H groups in total. The van der Waals surface area contributed by atoms with Gasteiger partial charge in [-0.1, -0.05) is 53.3 Å². The molecular weight excluding hydrogens is 378 g/mol. The van der Waals surface area contributed by atoms with Crippen LogP contribution in [0.3, 0.4) is 0 Å². The first kappa shape index (κ1) is 16.5. The lowest BCUT2D eigenvalue weighted by molar-refractivity contribution is 0.0736. The van der Waals surface area contributed by atoms with Gasteiger partial charge in [-0.3, -0.25) is 9.20 Å². The largest absolute Gasteiger partial charge is 0.333 e. The highest BCUT2D eigenvalue weighted by molar-refractivity contribution is 7.17. The van der Waals surface area contributed by atoms with Crippen molar-refractivity contribution in [3.8, 4) is 11.3 Å². The SMILES string of the molecule is O=C(c1ccc(Cl)cc1)N1CCc2c(sc3nc(-c4ccccc4)cn23)C1. The molecule has 1 aliphatic heterocycles. The molecule has 4 aromatic rings. The van der Waals surface area contributed by atoms with Crippen LogP contribution in [0.5, 0.6) is 0 Å². The smallest absolute Gasteiger partial charge is 0.254 e. The number of carbonyl (C=O) groups excluding carboxylic acids is 1. The molecule has 6 heteroatoms. The summed E-state index contributed by atoms with van der Waals surface area (Å²) in [7, 11) is 0. The highest BCUT2D eigenvalue weighted by atomic mass is 35.5. The van der Waals surface area contributed by atoms with Crippen molar-refractivity contribution in [1.82, 2.24) is 14.3 Å². The van der Waals surface area contributed by atoms with Gasteiger partial charge in [0, 0.05) is 45.9 Å². The predicted octanol–water partition coefficient (Wildman–Crippen LogP) is 4.91. The van der Waals surface area contributed by atoms with Gasteiger partial charge in [-0.15, -0.1) is 0 Å². The molecule has 0 radical (unpaired) electrons. The normalized spacial score (nSPS) is 13.7. The quantitative estimate of drug-likeness (QED) is 0.485. The number of carbonyl (C=O) groups is 1. The molecule has 4 nitrogen and oxygen atoms in total. The lowest BCUT2D eigenvalue weighted by Crippen LogP contribution is -2.35. The number of hydrogen-bond donors (Lipinski definition) is 0. The van der Waals surface area contributed by atoms with Gasteiger partial charge in [0.05, 0.1) is 12.2 Å². The van der Waals surface area contributed by atoms with E-state index in [9.17, 15) is 4.79 Å². The summed E-state index contributed by atoms with van der Waals surface area (Å²) in [5.74, 6) is 0.0494. The summed E-state index contributed by atoms with van der Waals surface area (Å²) in [5.41, 5.74) is 4.06. The van der Waals surface area contributed by atoms with Crippen LogP contribution in [-0.4, -0.2) is 26.7 Å². The van der Waals surface area contributed by atoms with Crippen LogP contribution in [-0.2, 0) is 13.0 Å². The molecule has 134 valence electrons. The molecule has 0 unspecified atom stereocenters. The fourth-order valence-electron chi connectivity index (χ4n) is 3.51. The zero-order valence-electron chi connectivity index (χ0n) is 14.4. The third kappa shape index (κ3) is 2.93. The first-order valence-corrected chi connectivity index (χ1v) is 9.98. The van der Waals surface area contributed by atoms with Crippen molar-refractivity contribution in [2.24, 2.45) is 0 Å². The molecule has 0 bridgehead atoms. The van der Waals surface area contributed by atoms with Crippen LogP contribution in [0.2, 0.25) is 5.02 Å². The first-order chi connectivity index (χ1) is 13.2. The van der Waals surface area contributed by atoms with Crippen molar-refractivity contribution in [1.29, 1.82) is 0 Å². The van der Waals surface area contributed by atoms with E-state index in [2.05, 4.69) is 22.7 Å². The van der Waals surface area contributed by atoms with E-state index in [-0.39, 0.29) is 5.91 Å². The van der Waals surface area contributed by atoms with Gasteiger partial charge in [-0.2, -0.15) is 0 Å². The van der Waals surface area contributed by atoms with Crippen LogP contribution in [0.25, 0.3) is 16.2 Å². The third-order valence-electron chi connectivity index (χ3n) is 4.90. The Bertz CT molecular complexity index is 1130. The summed E-state index contributed by atoms with van der Waals surface area (Å²) in [6.45, 7) is 1.34. The Kier molecular flexibility index (Phi) is 3.99. The van der Waals surface area contributed by atoms with Gasteiger partial charge in [0.25, 0.3) is 5.91 Å². The maximum absolute atomic E-state index is 12.8. The van der Waals surface area contributed by atoms with E-state index in [0.29, 0.717) is 23.7 Å². The second-order valence-electron chi connectivity index (χ2n) is 6.60. The zero-order valence-corrected chi connectivity index (χ0v) is 16.0. The summed E-state index contributed by atoms with van der Waals surface area (Å²) in [4.78, 5) is 21.7.